The molecule has 0 fully saturated rings. The van der Waals surface area contributed by atoms with Crippen LogP contribution in [0.4, 0.5) is 0 Å². The highest BCUT2D eigenvalue weighted by Gasteiger charge is 2.11. The molecule has 0 bridgehead atoms. The summed E-state index contributed by atoms with van der Waals surface area (Å²) < 4.78 is 5.01. The predicted molar refractivity (Wildman–Crippen MR) is 74.0 cm³/mol. The number of carboxylic acid groups (broad SMARTS) is 1. The maximum Gasteiger partial charge on any atom is 0.335 e. The number of nitrogens with zero attached hydrogens (tertiary/aromatic N) is 3. The van der Waals surface area contributed by atoms with E-state index in [9.17, 15) is 9.90 Å². The summed E-state index contributed by atoms with van der Waals surface area (Å²) in [5, 5.41) is 27.3. The van der Waals surface area contributed by atoms with E-state index < -0.39 is 5.97 Å². The first-order valence-electron chi connectivity index (χ1n) is 6.06. The fourth-order valence-corrected chi connectivity index (χ4v) is 1.95. The second kappa shape index (κ2) is 4.78. The Morgan fingerprint density at radius 2 is 1.90 bits per heavy atom. The largest absolute Gasteiger partial charge is 0.505 e. The second-order valence-electron chi connectivity index (χ2n) is 4.35. The van der Waals surface area contributed by atoms with E-state index in [1.165, 1.54) is 30.1 Å². The van der Waals surface area contributed by atoms with Gasteiger partial charge in [0.1, 0.15) is 28.2 Å². The van der Waals surface area contributed by atoms with Crippen LogP contribution in [0, 0.1) is 0 Å². The van der Waals surface area contributed by atoms with Crippen LogP contribution in [-0.4, -0.2) is 38.3 Å². The quantitative estimate of drug-likeness (QED) is 0.762. The fourth-order valence-electron chi connectivity index (χ4n) is 1.95. The van der Waals surface area contributed by atoms with E-state index >= 15 is 0 Å². The highest BCUT2D eigenvalue weighted by molar-refractivity contribution is 5.92. The molecule has 2 aromatic carbocycles. The van der Waals surface area contributed by atoms with E-state index in [4.69, 9.17) is 9.84 Å². The number of carbonyl (C=O) groups is 1. The third-order valence-electron chi connectivity index (χ3n) is 3.03. The lowest BCUT2D eigenvalue weighted by atomic mass is 10.2. The number of ether oxygens (including phenoxy) is 1. The number of carboxylic acids is 1. The lowest BCUT2D eigenvalue weighted by molar-refractivity contribution is 0.0697. The van der Waals surface area contributed by atoms with E-state index in [-0.39, 0.29) is 11.3 Å². The molecule has 0 saturated heterocycles. The number of benzene rings is 2. The molecular formula is C14H11N3O4. The minimum atomic E-state index is -1.03. The molecule has 0 aliphatic heterocycles. The molecule has 0 spiro atoms. The zero-order chi connectivity index (χ0) is 15.0. The lowest BCUT2D eigenvalue weighted by Crippen LogP contribution is -1.99. The zero-order valence-electron chi connectivity index (χ0n) is 11.0. The first kappa shape index (κ1) is 12.9. The van der Waals surface area contributed by atoms with Crippen molar-refractivity contribution in [2.24, 2.45) is 0 Å². The summed E-state index contributed by atoms with van der Waals surface area (Å²) in [6, 6.07) is 9.20. The number of aromatic nitrogens is 3. The Hall–Kier alpha value is -3.09. The minimum Gasteiger partial charge on any atom is -0.505 e. The number of hydrogen-bond acceptors (Lipinski definition) is 5. The molecule has 7 heteroatoms. The Balaban J connectivity index is 2.10. The average molecular weight is 285 g/mol. The summed E-state index contributed by atoms with van der Waals surface area (Å²) in [5.41, 5.74) is 1.48. The van der Waals surface area contributed by atoms with Gasteiger partial charge in [0.15, 0.2) is 0 Å². The molecule has 106 valence electrons. The van der Waals surface area contributed by atoms with Gasteiger partial charge in [0, 0.05) is 6.07 Å². The smallest absolute Gasteiger partial charge is 0.335 e. The molecule has 7 nitrogen and oxygen atoms in total. The third kappa shape index (κ3) is 2.25. The molecule has 0 aliphatic rings. The number of rotatable bonds is 3. The molecule has 0 unspecified atom stereocenters. The minimum absolute atomic E-state index is 0.0342. The van der Waals surface area contributed by atoms with Gasteiger partial charge < -0.3 is 14.9 Å². The van der Waals surface area contributed by atoms with Gasteiger partial charge in [0.2, 0.25) is 0 Å². The number of aromatic carboxylic acids is 1. The summed E-state index contributed by atoms with van der Waals surface area (Å²) in [5.74, 6) is -0.548. The number of hydrogen-bond donors (Lipinski definition) is 2. The van der Waals surface area contributed by atoms with Crippen LogP contribution in [0.15, 0.2) is 36.4 Å². The molecule has 0 atom stereocenters. The summed E-state index contributed by atoms with van der Waals surface area (Å²) in [4.78, 5) is 12.2. The monoisotopic (exact) mass is 285 g/mol. The van der Waals surface area contributed by atoms with Crippen LogP contribution in [0.1, 0.15) is 10.4 Å². The Kier molecular flexibility index (Phi) is 2.94. The highest BCUT2D eigenvalue weighted by atomic mass is 16.5. The molecule has 3 aromatic rings. The normalized spacial score (nSPS) is 10.7. The van der Waals surface area contributed by atoms with E-state index in [0.717, 1.165) is 0 Å². The fraction of sp³-hybridized carbons (Fsp3) is 0.0714. The van der Waals surface area contributed by atoms with E-state index in [0.29, 0.717) is 22.5 Å². The molecule has 1 heterocycles. The first-order chi connectivity index (χ1) is 10.1. The number of aromatic hydroxyl groups is 1. The van der Waals surface area contributed by atoms with Crippen molar-refractivity contribution in [1.82, 2.24) is 15.0 Å². The van der Waals surface area contributed by atoms with Crippen LogP contribution in [-0.2, 0) is 0 Å². The Bertz CT molecular complexity index is 841. The Labute approximate surface area is 119 Å². The van der Waals surface area contributed by atoms with Crippen molar-refractivity contribution in [1.29, 1.82) is 0 Å². The van der Waals surface area contributed by atoms with E-state index in [1.807, 2.05) is 0 Å². The van der Waals surface area contributed by atoms with Gasteiger partial charge in [0.05, 0.1) is 12.7 Å². The van der Waals surface area contributed by atoms with Gasteiger partial charge in [-0.1, -0.05) is 0 Å². The van der Waals surface area contributed by atoms with Crippen molar-refractivity contribution in [2.45, 2.75) is 0 Å². The molecule has 0 amide bonds. The van der Waals surface area contributed by atoms with Gasteiger partial charge >= 0.3 is 5.97 Å². The third-order valence-corrected chi connectivity index (χ3v) is 3.03. The van der Waals surface area contributed by atoms with E-state index in [1.54, 1.807) is 18.2 Å². The van der Waals surface area contributed by atoms with Crippen molar-refractivity contribution in [3.05, 3.63) is 42.0 Å². The molecule has 2 N–H and O–H groups in total. The Morgan fingerprint density at radius 1 is 1.14 bits per heavy atom. The number of phenols is 1. The van der Waals surface area contributed by atoms with Crippen molar-refractivity contribution in [2.75, 3.05) is 7.11 Å². The summed E-state index contributed by atoms with van der Waals surface area (Å²) >= 11 is 0. The molecule has 0 aliphatic carbocycles. The van der Waals surface area contributed by atoms with Gasteiger partial charge in [-0.25, -0.2) is 4.79 Å². The molecule has 0 radical (unpaired) electrons. The number of methoxy groups -OCH3 is 1. The topological polar surface area (TPSA) is 97.5 Å². The van der Waals surface area contributed by atoms with E-state index in [2.05, 4.69) is 10.2 Å². The van der Waals surface area contributed by atoms with Gasteiger partial charge in [-0.3, -0.25) is 0 Å². The standard InChI is InChI=1S/C14H11N3O4/c1-21-9-3-5-12(13(18)7-9)17-15-10-4-2-8(14(19)20)6-11(10)16-17/h2-7,18H,1H3,(H,19,20). The van der Waals surface area contributed by atoms with Gasteiger partial charge in [-0.2, -0.15) is 0 Å². The van der Waals surface area contributed by atoms with Crippen LogP contribution >= 0.6 is 0 Å². The number of fused-ring (bicyclic) bond motifs is 1. The van der Waals surface area contributed by atoms with Crippen LogP contribution < -0.4 is 4.74 Å². The molecule has 1 aromatic heterocycles. The van der Waals surface area contributed by atoms with Crippen molar-refractivity contribution in [3.63, 3.8) is 0 Å². The van der Waals surface area contributed by atoms with Crippen molar-refractivity contribution >= 4 is 17.0 Å². The van der Waals surface area contributed by atoms with Gasteiger partial charge in [-0.15, -0.1) is 15.0 Å². The SMILES string of the molecule is COc1ccc(-n2nc3ccc(C(=O)O)cc3n2)c(O)c1. The lowest BCUT2D eigenvalue weighted by Gasteiger charge is -2.05. The molecule has 3 rings (SSSR count). The molecule has 21 heavy (non-hydrogen) atoms. The highest BCUT2D eigenvalue weighted by Crippen LogP contribution is 2.26. The zero-order valence-corrected chi connectivity index (χ0v) is 11.0. The van der Waals surface area contributed by atoms with Crippen molar-refractivity contribution < 1.29 is 19.7 Å². The summed E-state index contributed by atoms with van der Waals surface area (Å²) in [6.07, 6.45) is 0. The molecule has 0 saturated carbocycles. The van der Waals surface area contributed by atoms with Crippen LogP contribution in [0.2, 0.25) is 0 Å². The number of phenolic OH excluding ortho intramolecular Hbond substituents is 1. The van der Waals surface area contributed by atoms with Crippen molar-refractivity contribution in [3.8, 4) is 17.2 Å². The summed E-state index contributed by atoms with van der Waals surface area (Å²) in [7, 11) is 1.50. The van der Waals surface area contributed by atoms with Crippen LogP contribution in [0.5, 0.6) is 11.5 Å². The predicted octanol–water partition coefficient (Wildman–Crippen LogP) is 1.83. The maximum absolute atomic E-state index is 10.9. The molecular weight excluding hydrogens is 274 g/mol. The first-order valence-corrected chi connectivity index (χ1v) is 6.06. The second-order valence-corrected chi connectivity index (χ2v) is 4.35. The summed E-state index contributed by atoms with van der Waals surface area (Å²) in [6.45, 7) is 0. The Morgan fingerprint density at radius 3 is 2.57 bits per heavy atom. The average Bonchev–Trinajstić information content (AvgIpc) is 2.89. The van der Waals surface area contributed by atoms with Gasteiger partial charge in [-0.05, 0) is 30.3 Å². The van der Waals surface area contributed by atoms with Gasteiger partial charge in [0.25, 0.3) is 0 Å². The van der Waals surface area contributed by atoms with Crippen LogP contribution in [0.3, 0.4) is 0 Å². The van der Waals surface area contributed by atoms with Crippen LogP contribution in [0.25, 0.3) is 16.7 Å². The maximum atomic E-state index is 10.9.